The summed E-state index contributed by atoms with van der Waals surface area (Å²) in [5.74, 6) is -1.74. The van der Waals surface area contributed by atoms with Gasteiger partial charge in [0.15, 0.2) is 0 Å². The van der Waals surface area contributed by atoms with Gasteiger partial charge >= 0.3 is 11.9 Å². The summed E-state index contributed by atoms with van der Waals surface area (Å²) in [5, 5.41) is 9.21. The SMILES string of the molecule is CC(=O)Oc1cc(N2CCCC2)c(C)cc1C(C)C(=O)O. The maximum Gasteiger partial charge on any atom is 0.310 e. The topological polar surface area (TPSA) is 66.8 Å². The second kappa shape index (κ2) is 6.16. The molecule has 1 aliphatic heterocycles. The van der Waals surface area contributed by atoms with Crippen molar-refractivity contribution < 1.29 is 19.4 Å². The van der Waals surface area contributed by atoms with Crippen molar-refractivity contribution in [1.82, 2.24) is 0 Å². The maximum absolute atomic E-state index is 11.3. The number of aliphatic carboxylic acids is 1. The minimum Gasteiger partial charge on any atom is -0.481 e. The third-order valence-electron chi connectivity index (χ3n) is 3.87. The summed E-state index contributed by atoms with van der Waals surface area (Å²) in [4.78, 5) is 24.8. The van der Waals surface area contributed by atoms with Crippen LogP contribution in [0.15, 0.2) is 12.1 Å². The number of aryl methyl sites for hydroxylation is 1. The fourth-order valence-electron chi connectivity index (χ4n) is 2.71. The van der Waals surface area contributed by atoms with Crippen LogP contribution in [-0.4, -0.2) is 30.1 Å². The predicted octanol–water partition coefficient (Wildman–Crippen LogP) is 2.71. The van der Waals surface area contributed by atoms with Gasteiger partial charge in [0.1, 0.15) is 5.75 Å². The van der Waals surface area contributed by atoms with Gasteiger partial charge in [0.2, 0.25) is 0 Å². The molecule has 0 bridgehead atoms. The summed E-state index contributed by atoms with van der Waals surface area (Å²) in [7, 11) is 0. The van der Waals surface area contributed by atoms with Crippen LogP contribution in [0.4, 0.5) is 5.69 Å². The van der Waals surface area contributed by atoms with E-state index in [4.69, 9.17) is 4.74 Å². The number of ether oxygens (including phenoxy) is 1. The zero-order chi connectivity index (χ0) is 15.6. The molecule has 1 aromatic rings. The second-order valence-electron chi connectivity index (χ2n) is 5.52. The van der Waals surface area contributed by atoms with Gasteiger partial charge in [-0.05, 0) is 38.3 Å². The molecule has 0 radical (unpaired) electrons. The van der Waals surface area contributed by atoms with E-state index < -0.39 is 17.9 Å². The van der Waals surface area contributed by atoms with Gasteiger partial charge < -0.3 is 14.7 Å². The molecule has 1 unspecified atom stereocenters. The zero-order valence-corrected chi connectivity index (χ0v) is 12.7. The van der Waals surface area contributed by atoms with Crippen LogP contribution in [0.25, 0.3) is 0 Å². The molecule has 1 N–H and O–H groups in total. The highest BCUT2D eigenvalue weighted by molar-refractivity contribution is 5.79. The average molecular weight is 291 g/mol. The van der Waals surface area contributed by atoms with Gasteiger partial charge in [0.25, 0.3) is 0 Å². The molecule has 1 saturated heterocycles. The molecule has 1 aliphatic rings. The molecule has 5 heteroatoms. The molecular weight excluding hydrogens is 270 g/mol. The number of benzene rings is 1. The summed E-state index contributed by atoms with van der Waals surface area (Å²) in [6, 6.07) is 3.63. The Morgan fingerprint density at radius 1 is 1.29 bits per heavy atom. The minimum absolute atomic E-state index is 0.352. The summed E-state index contributed by atoms with van der Waals surface area (Å²) in [6.45, 7) is 6.84. The van der Waals surface area contributed by atoms with E-state index in [-0.39, 0.29) is 0 Å². The smallest absolute Gasteiger partial charge is 0.310 e. The number of esters is 1. The average Bonchev–Trinajstić information content (AvgIpc) is 2.92. The summed E-state index contributed by atoms with van der Waals surface area (Å²) < 4.78 is 5.24. The van der Waals surface area contributed by atoms with E-state index in [1.54, 1.807) is 13.0 Å². The van der Waals surface area contributed by atoms with Gasteiger partial charge in [-0.1, -0.05) is 0 Å². The Balaban J connectivity index is 2.47. The van der Waals surface area contributed by atoms with E-state index in [0.717, 1.165) is 37.2 Å². The third-order valence-corrected chi connectivity index (χ3v) is 3.87. The van der Waals surface area contributed by atoms with Crippen LogP contribution in [0.1, 0.15) is 43.7 Å². The molecule has 0 saturated carbocycles. The highest BCUT2D eigenvalue weighted by Gasteiger charge is 2.23. The Morgan fingerprint density at radius 3 is 2.43 bits per heavy atom. The number of nitrogens with zero attached hydrogens (tertiary/aromatic N) is 1. The van der Waals surface area contributed by atoms with Gasteiger partial charge in [-0.3, -0.25) is 9.59 Å². The predicted molar refractivity (Wildman–Crippen MR) is 80.0 cm³/mol. The molecule has 5 nitrogen and oxygen atoms in total. The normalized spacial score (nSPS) is 15.9. The first kappa shape index (κ1) is 15.4. The molecule has 0 aromatic heterocycles. The molecule has 0 aliphatic carbocycles. The van der Waals surface area contributed by atoms with Crippen LogP contribution in [0.3, 0.4) is 0 Å². The molecule has 0 amide bonds. The molecule has 1 aromatic carbocycles. The Morgan fingerprint density at radius 2 is 1.90 bits per heavy atom. The number of rotatable bonds is 4. The van der Waals surface area contributed by atoms with E-state index >= 15 is 0 Å². The Kier molecular flexibility index (Phi) is 4.50. The van der Waals surface area contributed by atoms with Crippen molar-refractivity contribution in [3.8, 4) is 5.75 Å². The van der Waals surface area contributed by atoms with Gasteiger partial charge in [0, 0.05) is 37.3 Å². The molecule has 1 heterocycles. The van der Waals surface area contributed by atoms with Gasteiger partial charge in [-0.25, -0.2) is 0 Å². The highest BCUT2D eigenvalue weighted by atomic mass is 16.5. The van der Waals surface area contributed by atoms with Crippen LogP contribution >= 0.6 is 0 Å². The first-order valence-corrected chi connectivity index (χ1v) is 7.21. The van der Waals surface area contributed by atoms with Crippen molar-refractivity contribution in [2.75, 3.05) is 18.0 Å². The van der Waals surface area contributed by atoms with Crippen molar-refractivity contribution in [2.45, 2.75) is 39.5 Å². The second-order valence-corrected chi connectivity index (χ2v) is 5.52. The minimum atomic E-state index is -0.934. The van der Waals surface area contributed by atoms with E-state index in [0.29, 0.717) is 11.3 Å². The lowest BCUT2D eigenvalue weighted by molar-refractivity contribution is -0.138. The fourth-order valence-corrected chi connectivity index (χ4v) is 2.71. The van der Waals surface area contributed by atoms with Crippen molar-refractivity contribution >= 4 is 17.6 Å². The Labute approximate surface area is 124 Å². The summed E-state index contributed by atoms with van der Waals surface area (Å²) >= 11 is 0. The lowest BCUT2D eigenvalue weighted by atomic mass is 9.97. The van der Waals surface area contributed by atoms with E-state index in [9.17, 15) is 14.7 Å². The number of hydrogen-bond donors (Lipinski definition) is 1. The van der Waals surface area contributed by atoms with Gasteiger partial charge in [-0.2, -0.15) is 0 Å². The van der Waals surface area contributed by atoms with Crippen molar-refractivity contribution in [3.63, 3.8) is 0 Å². The Bertz CT molecular complexity index is 562. The Hall–Kier alpha value is -2.04. The van der Waals surface area contributed by atoms with Crippen molar-refractivity contribution in [3.05, 3.63) is 23.3 Å². The van der Waals surface area contributed by atoms with Crippen LogP contribution in [0.2, 0.25) is 0 Å². The van der Waals surface area contributed by atoms with Crippen molar-refractivity contribution in [1.29, 1.82) is 0 Å². The molecule has 114 valence electrons. The lowest BCUT2D eigenvalue weighted by Crippen LogP contribution is -2.20. The number of carbonyl (C=O) groups excluding carboxylic acids is 1. The van der Waals surface area contributed by atoms with Crippen molar-refractivity contribution in [2.24, 2.45) is 0 Å². The molecule has 2 rings (SSSR count). The monoisotopic (exact) mass is 291 g/mol. The van der Waals surface area contributed by atoms with Crippen LogP contribution < -0.4 is 9.64 Å². The molecular formula is C16H21NO4. The van der Waals surface area contributed by atoms with Crippen LogP contribution in [0.5, 0.6) is 5.75 Å². The van der Waals surface area contributed by atoms with Crippen LogP contribution in [0, 0.1) is 6.92 Å². The highest BCUT2D eigenvalue weighted by Crippen LogP contribution is 2.35. The molecule has 0 spiro atoms. The molecule has 1 atom stereocenters. The number of hydrogen-bond acceptors (Lipinski definition) is 4. The summed E-state index contributed by atoms with van der Waals surface area (Å²) in [5.41, 5.74) is 2.57. The number of carbonyl (C=O) groups is 2. The third kappa shape index (κ3) is 3.35. The quantitative estimate of drug-likeness (QED) is 0.682. The fraction of sp³-hybridized carbons (Fsp3) is 0.500. The molecule has 1 fully saturated rings. The number of anilines is 1. The maximum atomic E-state index is 11.3. The van der Waals surface area contributed by atoms with Gasteiger partial charge in [-0.15, -0.1) is 0 Å². The lowest BCUT2D eigenvalue weighted by Gasteiger charge is -2.23. The first-order chi connectivity index (χ1) is 9.90. The van der Waals surface area contributed by atoms with E-state index in [1.165, 1.54) is 6.92 Å². The zero-order valence-electron chi connectivity index (χ0n) is 12.7. The van der Waals surface area contributed by atoms with Gasteiger partial charge in [0.05, 0.1) is 5.92 Å². The summed E-state index contributed by atoms with van der Waals surface area (Å²) in [6.07, 6.45) is 2.30. The van der Waals surface area contributed by atoms with Crippen LogP contribution in [-0.2, 0) is 9.59 Å². The van der Waals surface area contributed by atoms with E-state index in [2.05, 4.69) is 4.90 Å². The number of carboxylic acid groups (broad SMARTS) is 1. The number of carboxylic acids is 1. The first-order valence-electron chi connectivity index (χ1n) is 7.21. The van der Waals surface area contributed by atoms with E-state index in [1.807, 2.05) is 13.0 Å². The largest absolute Gasteiger partial charge is 0.481 e. The standard InChI is InChI=1S/C16H21NO4/c1-10-8-13(11(2)16(19)20)15(21-12(3)18)9-14(10)17-6-4-5-7-17/h8-9,11H,4-7H2,1-3H3,(H,19,20). The molecule has 21 heavy (non-hydrogen) atoms.